The highest BCUT2D eigenvalue weighted by molar-refractivity contribution is 9.10. The van der Waals surface area contributed by atoms with Crippen LogP contribution < -0.4 is 0 Å². The van der Waals surface area contributed by atoms with Crippen molar-refractivity contribution in [1.29, 1.82) is 0 Å². The van der Waals surface area contributed by atoms with Crippen molar-refractivity contribution in [2.45, 2.75) is 19.4 Å². The molecule has 2 rings (SSSR count). The number of hydrogen-bond acceptors (Lipinski definition) is 3. The average molecular weight is 355 g/mol. The number of carbonyl (C=O) groups is 2. The Labute approximate surface area is 132 Å². The fraction of sp³-hybridized carbons (Fsp3) is 0.500. The van der Waals surface area contributed by atoms with Gasteiger partial charge in [0.15, 0.2) is 0 Å². The number of hydrogen-bond donors (Lipinski definition) is 0. The summed E-state index contributed by atoms with van der Waals surface area (Å²) in [6.07, 6.45) is 3.41. The second kappa shape index (κ2) is 6.43. The molecule has 1 atom stereocenters. The molecule has 2 amide bonds. The van der Waals surface area contributed by atoms with Crippen molar-refractivity contribution < 1.29 is 9.59 Å². The third-order valence-corrected chi connectivity index (χ3v) is 4.27. The van der Waals surface area contributed by atoms with Crippen LogP contribution in [0.25, 0.3) is 0 Å². The third kappa shape index (κ3) is 3.53. The first-order valence-electron chi connectivity index (χ1n) is 6.81. The van der Waals surface area contributed by atoms with E-state index < -0.39 is 0 Å². The summed E-state index contributed by atoms with van der Waals surface area (Å²) in [5, 5.41) is 4.27. The lowest BCUT2D eigenvalue weighted by atomic mass is 10.1. The van der Waals surface area contributed by atoms with Gasteiger partial charge in [-0.25, -0.2) is 0 Å². The molecule has 1 aromatic heterocycles. The summed E-state index contributed by atoms with van der Waals surface area (Å²) < 4.78 is 2.52. The Morgan fingerprint density at radius 2 is 2.24 bits per heavy atom. The average Bonchev–Trinajstić information content (AvgIpc) is 2.75. The van der Waals surface area contributed by atoms with Gasteiger partial charge in [0, 0.05) is 38.9 Å². The van der Waals surface area contributed by atoms with Crippen LogP contribution in [0.5, 0.6) is 0 Å². The van der Waals surface area contributed by atoms with Crippen LogP contribution in [0.2, 0.25) is 0 Å². The van der Waals surface area contributed by atoms with Crippen molar-refractivity contribution in [3.05, 3.63) is 29.0 Å². The van der Waals surface area contributed by atoms with Crippen LogP contribution in [0, 0.1) is 0 Å². The van der Waals surface area contributed by atoms with Gasteiger partial charge >= 0.3 is 0 Å². The zero-order valence-corrected chi connectivity index (χ0v) is 13.8. The van der Waals surface area contributed by atoms with Gasteiger partial charge in [-0.2, -0.15) is 5.10 Å². The number of aromatic nitrogens is 2. The molecule has 6 nitrogen and oxygen atoms in total. The predicted molar refractivity (Wildman–Crippen MR) is 82.6 cm³/mol. The summed E-state index contributed by atoms with van der Waals surface area (Å²) in [7, 11) is 1.82. The number of halogens is 1. The lowest BCUT2D eigenvalue weighted by Gasteiger charge is -2.39. The SMILES string of the molecule is C=CC(=O)N1CCN(C(=O)Cc2nn(C)cc2Br)[C@@H](C)C1. The van der Waals surface area contributed by atoms with Crippen LogP contribution in [-0.4, -0.2) is 57.1 Å². The highest BCUT2D eigenvalue weighted by atomic mass is 79.9. The molecule has 1 aromatic rings. The molecule has 0 N–H and O–H groups in total. The summed E-state index contributed by atoms with van der Waals surface area (Å²) in [6, 6.07) is -0.00219. The smallest absolute Gasteiger partial charge is 0.246 e. The van der Waals surface area contributed by atoms with Gasteiger partial charge in [-0.05, 0) is 28.9 Å². The molecule has 0 radical (unpaired) electrons. The van der Waals surface area contributed by atoms with Crippen LogP contribution >= 0.6 is 15.9 Å². The molecule has 0 bridgehead atoms. The number of piperazine rings is 1. The summed E-state index contributed by atoms with van der Waals surface area (Å²) in [6.45, 7) is 7.08. The predicted octanol–water partition coefficient (Wildman–Crippen LogP) is 0.970. The summed E-state index contributed by atoms with van der Waals surface area (Å²) in [4.78, 5) is 27.6. The largest absolute Gasteiger partial charge is 0.336 e. The van der Waals surface area contributed by atoms with Crippen LogP contribution in [-0.2, 0) is 23.1 Å². The zero-order valence-electron chi connectivity index (χ0n) is 12.3. The van der Waals surface area contributed by atoms with E-state index in [1.54, 1.807) is 9.58 Å². The Morgan fingerprint density at radius 3 is 2.76 bits per heavy atom. The third-order valence-electron chi connectivity index (χ3n) is 3.61. The molecule has 7 heteroatoms. The Morgan fingerprint density at radius 1 is 1.52 bits per heavy atom. The molecule has 1 aliphatic rings. The summed E-state index contributed by atoms with van der Waals surface area (Å²) in [5.74, 6) is -0.0472. The maximum absolute atomic E-state index is 12.4. The van der Waals surface area contributed by atoms with E-state index in [1.165, 1.54) is 6.08 Å². The van der Waals surface area contributed by atoms with Gasteiger partial charge in [0.05, 0.1) is 16.6 Å². The molecule has 1 saturated heterocycles. The number of aryl methyl sites for hydroxylation is 1. The molecule has 0 unspecified atom stereocenters. The molecule has 0 spiro atoms. The maximum atomic E-state index is 12.4. The van der Waals surface area contributed by atoms with E-state index in [-0.39, 0.29) is 24.3 Å². The van der Waals surface area contributed by atoms with Crippen LogP contribution in [0.3, 0.4) is 0 Å². The van der Waals surface area contributed by atoms with Gasteiger partial charge in [-0.15, -0.1) is 0 Å². The van der Waals surface area contributed by atoms with Crippen molar-refractivity contribution in [3.8, 4) is 0 Å². The summed E-state index contributed by atoms with van der Waals surface area (Å²) in [5.41, 5.74) is 0.735. The lowest BCUT2D eigenvalue weighted by Crippen LogP contribution is -2.55. The van der Waals surface area contributed by atoms with E-state index in [2.05, 4.69) is 27.6 Å². The number of rotatable bonds is 3. The first kappa shape index (κ1) is 15.8. The quantitative estimate of drug-likeness (QED) is 0.760. The van der Waals surface area contributed by atoms with Crippen molar-refractivity contribution in [3.63, 3.8) is 0 Å². The van der Waals surface area contributed by atoms with Crippen molar-refractivity contribution in [2.75, 3.05) is 19.6 Å². The van der Waals surface area contributed by atoms with E-state index >= 15 is 0 Å². The highest BCUT2D eigenvalue weighted by Gasteiger charge is 2.29. The second-order valence-corrected chi connectivity index (χ2v) is 6.05. The second-order valence-electron chi connectivity index (χ2n) is 5.20. The molecule has 0 saturated carbocycles. The van der Waals surface area contributed by atoms with Gasteiger partial charge in [-0.1, -0.05) is 6.58 Å². The van der Waals surface area contributed by atoms with E-state index in [0.29, 0.717) is 19.6 Å². The van der Waals surface area contributed by atoms with Crippen molar-refractivity contribution >= 4 is 27.7 Å². The summed E-state index contributed by atoms with van der Waals surface area (Å²) >= 11 is 3.40. The van der Waals surface area contributed by atoms with Crippen LogP contribution in [0.4, 0.5) is 0 Å². The van der Waals surface area contributed by atoms with E-state index in [9.17, 15) is 9.59 Å². The maximum Gasteiger partial charge on any atom is 0.246 e. The first-order valence-corrected chi connectivity index (χ1v) is 7.60. The van der Waals surface area contributed by atoms with Crippen LogP contribution in [0.15, 0.2) is 23.3 Å². The van der Waals surface area contributed by atoms with E-state index in [1.807, 2.05) is 25.1 Å². The fourth-order valence-electron chi connectivity index (χ4n) is 2.53. The Kier molecular flexibility index (Phi) is 4.82. The monoisotopic (exact) mass is 354 g/mol. The molecule has 114 valence electrons. The molecule has 1 aliphatic heterocycles. The van der Waals surface area contributed by atoms with Gasteiger partial charge in [-0.3, -0.25) is 14.3 Å². The van der Waals surface area contributed by atoms with Crippen LogP contribution in [0.1, 0.15) is 12.6 Å². The van der Waals surface area contributed by atoms with E-state index in [0.717, 1.165) is 10.2 Å². The molecule has 21 heavy (non-hydrogen) atoms. The number of nitrogens with zero attached hydrogens (tertiary/aromatic N) is 4. The highest BCUT2D eigenvalue weighted by Crippen LogP contribution is 2.17. The molecule has 2 heterocycles. The fourth-order valence-corrected chi connectivity index (χ4v) is 3.04. The van der Waals surface area contributed by atoms with E-state index in [4.69, 9.17) is 0 Å². The van der Waals surface area contributed by atoms with Gasteiger partial charge < -0.3 is 9.80 Å². The number of carbonyl (C=O) groups excluding carboxylic acids is 2. The van der Waals surface area contributed by atoms with Crippen molar-refractivity contribution in [1.82, 2.24) is 19.6 Å². The first-order chi connectivity index (χ1) is 9.92. The Hall–Kier alpha value is -1.63. The Bertz CT molecular complexity index is 569. The van der Waals surface area contributed by atoms with Gasteiger partial charge in [0.1, 0.15) is 0 Å². The van der Waals surface area contributed by atoms with Crippen molar-refractivity contribution in [2.24, 2.45) is 7.05 Å². The standard InChI is InChI=1S/C14H19BrN4O2/c1-4-13(20)18-5-6-19(10(2)8-18)14(21)7-12-11(15)9-17(3)16-12/h4,9-10H,1,5-8H2,2-3H3/t10-/m0/s1. The minimum absolute atomic E-state index is 0.00219. The number of amides is 2. The molecule has 1 fully saturated rings. The van der Waals surface area contributed by atoms with Gasteiger partial charge in [0.2, 0.25) is 11.8 Å². The molecular formula is C14H19BrN4O2. The minimum atomic E-state index is -0.0820. The molecule has 0 aromatic carbocycles. The lowest BCUT2D eigenvalue weighted by molar-refractivity contribution is -0.139. The van der Waals surface area contributed by atoms with Gasteiger partial charge in [0.25, 0.3) is 0 Å². The minimum Gasteiger partial charge on any atom is -0.336 e. The molecular weight excluding hydrogens is 336 g/mol. The molecule has 0 aliphatic carbocycles. The zero-order chi connectivity index (χ0) is 15.6. The Balaban J connectivity index is 1.99. The normalized spacial score (nSPS) is 18.7. The topological polar surface area (TPSA) is 58.4 Å².